The van der Waals surface area contributed by atoms with Gasteiger partial charge in [0.15, 0.2) is 0 Å². The van der Waals surface area contributed by atoms with Crippen LogP contribution in [-0.4, -0.2) is 16.3 Å². The standard InChI is InChI=1S/C18H24O2/c1-18-7-6-15-14-5-3-12(19)8-11(14)2-4-16(15)17(18)9-13(20)10-18/h4,9-12,14-15,19-20H,2-3,5-8H2,1H3/t11?,12?,14-,15+,18+/m0/s1. The minimum Gasteiger partial charge on any atom is -0.508 e. The SMILES string of the molecule is C[C@@]12C=C(O)C=C1C1=CCC3CC(O)CC[C@@H]3[C@H]1CC2. The van der Waals surface area contributed by atoms with Gasteiger partial charge in [-0.2, -0.15) is 0 Å². The number of aliphatic hydroxyl groups is 2. The van der Waals surface area contributed by atoms with E-state index < -0.39 is 0 Å². The number of hydrogen-bond acceptors (Lipinski definition) is 2. The zero-order valence-corrected chi connectivity index (χ0v) is 12.2. The zero-order chi connectivity index (χ0) is 13.9. The van der Waals surface area contributed by atoms with Gasteiger partial charge in [-0.05, 0) is 79.6 Å². The highest BCUT2D eigenvalue weighted by atomic mass is 16.3. The van der Waals surface area contributed by atoms with Crippen LogP contribution >= 0.6 is 0 Å². The van der Waals surface area contributed by atoms with Gasteiger partial charge in [0.25, 0.3) is 0 Å². The van der Waals surface area contributed by atoms with Crippen LogP contribution in [0.15, 0.2) is 35.1 Å². The van der Waals surface area contributed by atoms with E-state index in [4.69, 9.17) is 0 Å². The van der Waals surface area contributed by atoms with Crippen LogP contribution in [0.25, 0.3) is 0 Å². The monoisotopic (exact) mass is 272 g/mol. The summed E-state index contributed by atoms with van der Waals surface area (Å²) in [5.41, 5.74) is 2.94. The molecule has 2 nitrogen and oxygen atoms in total. The first-order valence-corrected chi connectivity index (χ1v) is 8.09. The van der Waals surface area contributed by atoms with Crippen molar-refractivity contribution >= 4 is 0 Å². The number of fused-ring (bicyclic) bond motifs is 5. The van der Waals surface area contributed by atoms with Crippen molar-refractivity contribution in [3.8, 4) is 0 Å². The second-order valence-corrected chi connectivity index (χ2v) is 7.48. The van der Waals surface area contributed by atoms with Crippen molar-refractivity contribution in [2.75, 3.05) is 0 Å². The summed E-state index contributed by atoms with van der Waals surface area (Å²) >= 11 is 0. The third-order valence-electron chi connectivity index (χ3n) is 6.23. The lowest BCUT2D eigenvalue weighted by molar-refractivity contribution is 0.0423. The third kappa shape index (κ3) is 1.74. The van der Waals surface area contributed by atoms with Gasteiger partial charge in [-0.1, -0.05) is 13.0 Å². The summed E-state index contributed by atoms with van der Waals surface area (Å²) in [5.74, 6) is 2.55. The van der Waals surface area contributed by atoms with Crippen molar-refractivity contribution < 1.29 is 10.2 Å². The molecule has 2 N–H and O–H groups in total. The summed E-state index contributed by atoms with van der Waals surface area (Å²) in [6.07, 6.45) is 13.0. The lowest BCUT2D eigenvalue weighted by atomic mass is 9.56. The van der Waals surface area contributed by atoms with Gasteiger partial charge in [-0.25, -0.2) is 0 Å². The maximum atomic E-state index is 9.91. The van der Waals surface area contributed by atoms with Gasteiger partial charge >= 0.3 is 0 Å². The molecule has 0 aromatic rings. The fraction of sp³-hybridized carbons (Fsp3) is 0.667. The molecule has 0 amide bonds. The first-order chi connectivity index (χ1) is 9.57. The molecule has 20 heavy (non-hydrogen) atoms. The third-order valence-corrected chi connectivity index (χ3v) is 6.23. The summed E-state index contributed by atoms with van der Waals surface area (Å²) in [5, 5.41) is 19.8. The average molecular weight is 272 g/mol. The van der Waals surface area contributed by atoms with Gasteiger partial charge in [-0.15, -0.1) is 0 Å². The molecule has 0 spiro atoms. The number of aliphatic hydroxyl groups excluding tert-OH is 2. The lowest BCUT2D eigenvalue weighted by Gasteiger charge is -2.48. The highest BCUT2D eigenvalue weighted by Gasteiger charge is 2.46. The van der Waals surface area contributed by atoms with Crippen LogP contribution in [0.3, 0.4) is 0 Å². The highest BCUT2D eigenvalue weighted by molar-refractivity contribution is 5.51. The van der Waals surface area contributed by atoms with Gasteiger partial charge in [-0.3, -0.25) is 0 Å². The van der Waals surface area contributed by atoms with Crippen LogP contribution in [-0.2, 0) is 0 Å². The van der Waals surface area contributed by atoms with E-state index in [-0.39, 0.29) is 11.5 Å². The molecule has 0 saturated heterocycles. The maximum Gasteiger partial charge on any atom is 0.112 e. The summed E-state index contributed by atoms with van der Waals surface area (Å²) < 4.78 is 0. The fourth-order valence-corrected chi connectivity index (χ4v) is 5.24. The molecule has 0 aromatic heterocycles. The largest absolute Gasteiger partial charge is 0.508 e. The Morgan fingerprint density at radius 2 is 2.10 bits per heavy atom. The predicted molar refractivity (Wildman–Crippen MR) is 79.2 cm³/mol. The Hall–Kier alpha value is -1.02. The molecule has 2 saturated carbocycles. The van der Waals surface area contributed by atoms with Crippen molar-refractivity contribution in [2.24, 2.45) is 23.2 Å². The molecule has 0 bridgehead atoms. The molecular formula is C18H24O2. The Kier molecular flexibility index (Phi) is 2.69. The van der Waals surface area contributed by atoms with Crippen molar-refractivity contribution in [2.45, 2.75) is 51.6 Å². The second-order valence-electron chi connectivity index (χ2n) is 7.48. The lowest BCUT2D eigenvalue weighted by Crippen LogP contribution is -2.39. The van der Waals surface area contributed by atoms with Crippen LogP contribution in [0.1, 0.15) is 45.4 Å². The van der Waals surface area contributed by atoms with E-state index in [1.165, 1.54) is 24.0 Å². The molecule has 2 heteroatoms. The average Bonchev–Trinajstić information content (AvgIpc) is 2.72. The first-order valence-electron chi connectivity index (χ1n) is 8.09. The van der Waals surface area contributed by atoms with Gasteiger partial charge in [0.05, 0.1) is 6.10 Å². The van der Waals surface area contributed by atoms with Crippen molar-refractivity contribution in [3.05, 3.63) is 35.1 Å². The molecule has 4 aliphatic carbocycles. The molecule has 0 aromatic carbocycles. The van der Waals surface area contributed by atoms with Crippen LogP contribution in [0.2, 0.25) is 0 Å². The first kappa shape index (κ1) is 12.7. The second kappa shape index (κ2) is 4.24. The summed E-state index contributed by atoms with van der Waals surface area (Å²) in [7, 11) is 0. The van der Waals surface area contributed by atoms with E-state index in [9.17, 15) is 10.2 Å². The number of allylic oxidation sites excluding steroid dienone is 5. The Balaban J connectivity index is 1.69. The van der Waals surface area contributed by atoms with Crippen LogP contribution in [0.4, 0.5) is 0 Å². The topological polar surface area (TPSA) is 40.5 Å². The zero-order valence-electron chi connectivity index (χ0n) is 12.2. The molecular weight excluding hydrogens is 248 g/mol. The molecule has 0 radical (unpaired) electrons. The Morgan fingerprint density at radius 3 is 2.95 bits per heavy atom. The highest BCUT2D eigenvalue weighted by Crippen LogP contribution is 2.57. The van der Waals surface area contributed by atoms with Crippen molar-refractivity contribution in [1.29, 1.82) is 0 Å². The van der Waals surface area contributed by atoms with Gasteiger partial charge in [0.1, 0.15) is 5.76 Å². The van der Waals surface area contributed by atoms with E-state index >= 15 is 0 Å². The molecule has 0 aliphatic heterocycles. The fourth-order valence-electron chi connectivity index (χ4n) is 5.24. The molecule has 0 heterocycles. The molecule has 4 rings (SSSR count). The number of rotatable bonds is 0. The Morgan fingerprint density at radius 1 is 1.25 bits per heavy atom. The molecule has 5 atom stereocenters. The summed E-state index contributed by atoms with van der Waals surface area (Å²) in [6.45, 7) is 2.26. The van der Waals surface area contributed by atoms with Crippen molar-refractivity contribution in [1.82, 2.24) is 0 Å². The van der Waals surface area contributed by atoms with Crippen LogP contribution in [0, 0.1) is 23.2 Å². The summed E-state index contributed by atoms with van der Waals surface area (Å²) in [4.78, 5) is 0. The molecule has 4 aliphatic rings. The summed E-state index contributed by atoms with van der Waals surface area (Å²) in [6, 6.07) is 0. The van der Waals surface area contributed by atoms with Crippen molar-refractivity contribution in [3.63, 3.8) is 0 Å². The smallest absolute Gasteiger partial charge is 0.112 e. The van der Waals surface area contributed by atoms with E-state index in [2.05, 4.69) is 13.0 Å². The van der Waals surface area contributed by atoms with Gasteiger partial charge in [0, 0.05) is 5.41 Å². The van der Waals surface area contributed by atoms with Gasteiger partial charge < -0.3 is 10.2 Å². The molecule has 2 fully saturated rings. The van der Waals surface area contributed by atoms with E-state index in [0.29, 0.717) is 17.6 Å². The molecule has 2 unspecified atom stereocenters. The van der Waals surface area contributed by atoms with Crippen LogP contribution in [0.5, 0.6) is 0 Å². The Labute approximate surface area is 120 Å². The predicted octanol–water partition coefficient (Wildman–Crippen LogP) is 3.89. The van der Waals surface area contributed by atoms with E-state index in [0.717, 1.165) is 31.6 Å². The minimum absolute atomic E-state index is 0.0629. The quantitative estimate of drug-likeness (QED) is 0.702. The maximum absolute atomic E-state index is 9.91. The Bertz CT molecular complexity index is 528. The van der Waals surface area contributed by atoms with E-state index in [1.54, 1.807) is 0 Å². The van der Waals surface area contributed by atoms with Gasteiger partial charge in [0.2, 0.25) is 0 Å². The number of hydrogen-bond donors (Lipinski definition) is 2. The molecule has 108 valence electrons. The normalized spacial score (nSPS) is 46.6. The van der Waals surface area contributed by atoms with E-state index in [1.807, 2.05) is 12.2 Å². The van der Waals surface area contributed by atoms with Crippen LogP contribution < -0.4 is 0 Å². The minimum atomic E-state index is -0.0727.